The first kappa shape index (κ1) is 24.1. The number of carbonyl (C=O) groups excluding carboxylic acids is 1. The number of halogens is 1. The number of nitrogens with one attached hydrogen (secondary N) is 1. The van der Waals surface area contributed by atoms with Crippen LogP contribution >= 0.6 is 15.9 Å². The minimum atomic E-state index is -0.471. The molecule has 1 N–H and O–H groups in total. The number of amides is 1. The Morgan fingerprint density at radius 1 is 1.09 bits per heavy atom. The molecule has 0 saturated heterocycles. The van der Waals surface area contributed by atoms with E-state index in [1.165, 1.54) is 6.08 Å². The number of rotatable bonds is 7. The second-order valence-electron chi connectivity index (χ2n) is 7.75. The van der Waals surface area contributed by atoms with E-state index in [1.807, 2.05) is 63.2 Å². The van der Waals surface area contributed by atoms with E-state index in [-0.39, 0.29) is 5.57 Å². The quantitative estimate of drug-likeness (QED) is 0.294. The highest BCUT2D eigenvalue weighted by Gasteiger charge is 2.15. The van der Waals surface area contributed by atoms with E-state index < -0.39 is 5.91 Å². The standard InChI is InChI=1S/C27H25BrN2O3/c1-17-6-5-7-20(10-17)16-33-26-23(28)13-21(14-25(26)32-4)12-22(15-29)27(31)30-24-11-18(2)8-9-19(24)3/h5-14H,16H2,1-4H3,(H,30,31)/b22-12+. The number of carbonyl (C=O) groups is 1. The highest BCUT2D eigenvalue weighted by atomic mass is 79.9. The minimum Gasteiger partial charge on any atom is -0.493 e. The van der Waals surface area contributed by atoms with Crippen LogP contribution in [-0.4, -0.2) is 13.0 Å². The van der Waals surface area contributed by atoms with Crippen LogP contribution in [0.25, 0.3) is 6.08 Å². The van der Waals surface area contributed by atoms with E-state index in [0.29, 0.717) is 33.8 Å². The summed E-state index contributed by atoms with van der Waals surface area (Å²) in [5, 5.41) is 12.4. The van der Waals surface area contributed by atoms with Gasteiger partial charge in [-0.1, -0.05) is 42.0 Å². The molecule has 0 bridgehead atoms. The molecule has 33 heavy (non-hydrogen) atoms. The van der Waals surface area contributed by atoms with E-state index >= 15 is 0 Å². The van der Waals surface area contributed by atoms with Crippen molar-refractivity contribution < 1.29 is 14.3 Å². The molecule has 3 aromatic rings. The minimum absolute atomic E-state index is 0.0155. The Morgan fingerprint density at radius 3 is 2.55 bits per heavy atom. The number of benzene rings is 3. The number of nitriles is 1. The van der Waals surface area contributed by atoms with E-state index in [1.54, 1.807) is 19.2 Å². The molecule has 0 aliphatic rings. The summed E-state index contributed by atoms with van der Waals surface area (Å²) in [6.07, 6.45) is 1.53. The zero-order valence-corrected chi connectivity index (χ0v) is 20.6. The lowest BCUT2D eigenvalue weighted by Crippen LogP contribution is -2.14. The van der Waals surface area contributed by atoms with E-state index in [0.717, 1.165) is 22.3 Å². The molecule has 0 saturated carbocycles. The number of anilines is 1. The smallest absolute Gasteiger partial charge is 0.266 e. The van der Waals surface area contributed by atoms with Crippen LogP contribution < -0.4 is 14.8 Å². The molecule has 0 heterocycles. The van der Waals surface area contributed by atoms with E-state index in [9.17, 15) is 10.1 Å². The fourth-order valence-electron chi connectivity index (χ4n) is 3.30. The molecular formula is C27H25BrN2O3. The average molecular weight is 505 g/mol. The molecule has 1 amide bonds. The summed E-state index contributed by atoms with van der Waals surface area (Å²) < 4.78 is 12.2. The van der Waals surface area contributed by atoms with Crippen LogP contribution in [-0.2, 0) is 11.4 Å². The normalized spacial score (nSPS) is 11.0. The maximum absolute atomic E-state index is 12.7. The molecule has 0 atom stereocenters. The fraction of sp³-hybridized carbons (Fsp3) is 0.185. The van der Waals surface area contributed by atoms with Crippen molar-refractivity contribution in [2.75, 3.05) is 12.4 Å². The van der Waals surface area contributed by atoms with Gasteiger partial charge in [-0.15, -0.1) is 0 Å². The fourth-order valence-corrected chi connectivity index (χ4v) is 3.87. The number of ether oxygens (including phenoxy) is 2. The predicted molar refractivity (Wildman–Crippen MR) is 134 cm³/mol. The SMILES string of the molecule is COc1cc(/C=C(\C#N)C(=O)Nc2cc(C)ccc2C)cc(Br)c1OCc1cccc(C)c1. The van der Waals surface area contributed by atoms with Crippen molar-refractivity contribution in [1.29, 1.82) is 5.26 Å². The zero-order chi connectivity index (χ0) is 24.0. The van der Waals surface area contributed by atoms with Gasteiger partial charge in [0.25, 0.3) is 5.91 Å². The van der Waals surface area contributed by atoms with Gasteiger partial charge in [0.1, 0.15) is 18.2 Å². The summed E-state index contributed by atoms with van der Waals surface area (Å²) in [6, 6.07) is 19.4. The van der Waals surface area contributed by atoms with Crippen LogP contribution in [0.3, 0.4) is 0 Å². The largest absolute Gasteiger partial charge is 0.493 e. The third-order valence-electron chi connectivity index (χ3n) is 5.03. The molecule has 0 radical (unpaired) electrons. The molecule has 5 nitrogen and oxygen atoms in total. The maximum Gasteiger partial charge on any atom is 0.266 e. The zero-order valence-electron chi connectivity index (χ0n) is 19.0. The first-order valence-corrected chi connectivity index (χ1v) is 11.2. The second kappa shape index (κ2) is 10.8. The Labute approximate surface area is 202 Å². The molecule has 0 fully saturated rings. The van der Waals surface area contributed by atoms with E-state index in [4.69, 9.17) is 9.47 Å². The average Bonchev–Trinajstić information content (AvgIpc) is 2.78. The van der Waals surface area contributed by atoms with Crippen LogP contribution in [0.15, 0.2) is 64.6 Å². The van der Waals surface area contributed by atoms with Crippen molar-refractivity contribution in [3.63, 3.8) is 0 Å². The summed E-state index contributed by atoms with van der Waals surface area (Å²) >= 11 is 3.53. The van der Waals surface area contributed by atoms with Crippen molar-refractivity contribution in [2.24, 2.45) is 0 Å². The van der Waals surface area contributed by atoms with Gasteiger partial charge in [-0.05, 0) is 83.2 Å². The summed E-state index contributed by atoms with van der Waals surface area (Å²) in [7, 11) is 1.55. The lowest BCUT2D eigenvalue weighted by atomic mass is 10.1. The Morgan fingerprint density at radius 2 is 1.85 bits per heavy atom. The highest BCUT2D eigenvalue weighted by Crippen LogP contribution is 2.38. The van der Waals surface area contributed by atoms with Crippen molar-refractivity contribution in [3.05, 3.63) is 92.5 Å². The monoisotopic (exact) mass is 504 g/mol. The number of hydrogen-bond acceptors (Lipinski definition) is 4. The van der Waals surface area contributed by atoms with Gasteiger partial charge in [-0.3, -0.25) is 4.79 Å². The van der Waals surface area contributed by atoms with Crippen molar-refractivity contribution >= 4 is 33.6 Å². The van der Waals surface area contributed by atoms with Gasteiger partial charge in [0, 0.05) is 5.69 Å². The molecular weight excluding hydrogens is 480 g/mol. The Bertz CT molecular complexity index is 1260. The molecule has 168 valence electrons. The summed E-state index contributed by atoms with van der Waals surface area (Å²) in [6.45, 7) is 6.27. The molecule has 3 rings (SSSR count). The Balaban J connectivity index is 1.84. The van der Waals surface area contributed by atoms with Crippen LogP contribution in [0.1, 0.15) is 27.8 Å². The first-order chi connectivity index (χ1) is 15.8. The molecule has 6 heteroatoms. The molecule has 3 aromatic carbocycles. The predicted octanol–water partition coefficient (Wildman–Crippen LogP) is 6.51. The summed E-state index contributed by atoms with van der Waals surface area (Å²) in [5.74, 6) is 0.575. The lowest BCUT2D eigenvalue weighted by molar-refractivity contribution is -0.112. The number of nitrogens with zero attached hydrogens (tertiary/aromatic N) is 1. The number of methoxy groups -OCH3 is 1. The summed E-state index contributed by atoms with van der Waals surface area (Å²) in [4.78, 5) is 12.7. The van der Waals surface area contributed by atoms with Crippen LogP contribution in [0, 0.1) is 32.1 Å². The van der Waals surface area contributed by atoms with Crippen LogP contribution in [0.5, 0.6) is 11.5 Å². The van der Waals surface area contributed by atoms with Crippen molar-refractivity contribution in [3.8, 4) is 17.6 Å². The van der Waals surface area contributed by atoms with Gasteiger partial charge in [0.2, 0.25) is 0 Å². The van der Waals surface area contributed by atoms with Crippen molar-refractivity contribution in [2.45, 2.75) is 27.4 Å². The Hall–Kier alpha value is -3.56. The highest BCUT2D eigenvalue weighted by molar-refractivity contribution is 9.10. The van der Waals surface area contributed by atoms with Gasteiger partial charge in [0.05, 0.1) is 11.6 Å². The number of aryl methyl sites for hydroxylation is 3. The topological polar surface area (TPSA) is 71.3 Å². The van der Waals surface area contributed by atoms with Gasteiger partial charge in [0.15, 0.2) is 11.5 Å². The van der Waals surface area contributed by atoms with Gasteiger partial charge in [-0.2, -0.15) is 5.26 Å². The molecule has 0 aromatic heterocycles. The van der Waals surface area contributed by atoms with Gasteiger partial charge in [-0.25, -0.2) is 0 Å². The van der Waals surface area contributed by atoms with Crippen LogP contribution in [0.2, 0.25) is 0 Å². The molecule has 0 spiro atoms. The molecule has 0 aliphatic heterocycles. The maximum atomic E-state index is 12.7. The third-order valence-corrected chi connectivity index (χ3v) is 5.62. The third kappa shape index (κ3) is 6.24. The van der Waals surface area contributed by atoms with Crippen molar-refractivity contribution in [1.82, 2.24) is 0 Å². The number of hydrogen-bond donors (Lipinski definition) is 1. The van der Waals surface area contributed by atoms with Crippen LogP contribution in [0.4, 0.5) is 5.69 Å². The molecule has 0 aliphatic carbocycles. The summed E-state index contributed by atoms with van der Waals surface area (Å²) in [5.41, 5.74) is 5.44. The van der Waals surface area contributed by atoms with E-state index in [2.05, 4.69) is 27.3 Å². The first-order valence-electron chi connectivity index (χ1n) is 10.4. The van der Waals surface area contributed by atoms with Gasteiger partial charge < -0.3 is 14.8 Å². The lowest BCUT2D eigenvalue weighted by Gasteiger charge is -2.14. The second-order valence-corrected chi connectivity index (χ2v) is 8.61. The van der Waals surface area contributed by atoms with Gasteiger partial charge >= 0.3 is 0 Å². The Kier molecular flexibility index (Phi) is 7.92. The molecule has 0 unspecified atom stereocenters.